The number of amides is 1. The summed E-state index contributed by atoms with van der Waals surface area (Å²) < 4.78 is 7.25. The van der Waals surface area contributed by atoms with E-state index in [4.69, 9.17) is 21.2 Å². The van der Waals surface area contributed by atoms with Crippen LogP contribution in [-0.4, -0.2) is 44.4 Å². The Morgan fingerprint density at radius 3 is 2.47 bits per heavy atom. The highest BCUT2D eigenvalue weighted by molar-refractivity contribution is 5.80. The molecule has 3 unspecified atom stereocenters. The summed E-state index contributed by atoms with van der Waals surface area (Å²) in [4.78, 5) is 27.9. The first-order valence-corrected chi connectivity index (χ1v) is 12.5. The molecule has 9 heteroatoms. The van der Waals surface area contributed by atoms with E-state index in [2.05, 4.69) is 30.7 Å². The second-order valence-electron chi connectivity index (χ2n) is 10.3. The van der Waals surface area contributed by atoms with E-state index in [9.17, 15) is 10.1 Å². The van der Waals surface area contributed by atoms with Gasteiger partial charge in [0.1, 0.15) is 6.10 Å². The van der Waals surface area contributed by atoms with Crippen molar-refractivity contribution in [2.45, 2.75) is 53.6 Å². The molecule has 0 aliphatic heterocycles. The lowest BCUT2D eigenvalue weighted by Gasteiger charge is -2.41. The number of hydrogen-bond donors (Lipinski definition) is 2. The van der Waals surface area contributed by atoms with Crippen LogP contribution in [0.25, 0.3) is 21.9 Å². The molecule has 3 aromatic rings. The standard InChI is InChI=1S/C27H35N5O4/c1-8-31(7)27(33)35-26-22(28-6)21(23(36-34)20-17(4)13-16(3)14-18(20)5)25-29-24(30-32(25)26)19-11-9-15(2)10-12-19/h9-12,16-18,20,23,34H,8,13-14H2,1-5,7H3,(H,29,30). The highest BCUT2D eigenvalue weighted by Gasteiger charge is 2.42. The van der Waals surface area contributed by atoms with Gasteiger partial charge in [-0.1, -0.05) is 50.6 Å². The predicted molar refractivity (Wildman–Crippen MR) is 137 cm³/mol. The number of aromatic amines is 1. The fourth-order valence-electron chi connectivity index (χ4n) is 5.74. The quantitative estimate of drug-likeness (QED) is 0.232. The summed E-state index contributed by atoms with van der Waals surface area (Å²) in [7, 11) is 1.63. The summed E-state index contributed by atoms with van der Waals surface area (Å²) in [6.07, 6.45) is 0.608. The number of H-pyrrole nitrogens is 1. The number of aryl methyl sites for hydroxylation is 1. The third-order valence-electron chi connectivity index (χ3n) is 7.57. The number of fused-ring (bicyclic) bond motifs is 1. The van der Waals surface area contributed by atoms with E-state index in [1.165, 1.54) is 9.42 Å². The van der Waals surface area contributed by atoms with Crippen LogP contribution in [0, 0.1) is 37.2 Å². The van der Waals surface area contributed by atoms with Gasteiger partial charge in [-0.05, 0) is 50.4 Å². The van der Waals surface area contributed by atoms with Crippen molar-refractivity contribution in [1.29, 1.82) is 0 Å². The van der Waals surface area contributed by atoms with Gasteiger partial charge in [-0.25, -0.2) is 24.0 Å². The van der Waals surface area contributed by atoms with Crippen LogP contribution in [-0.2, 0) is 4.89 Å². The molecule has 1 aliphatic rings. The van der Waals surface area contributed by atoms with Gasteiger partial charge in [0, 0.05) is 24.7 Å². The Kier molecular flexibility index (Phi) is 7.38. The minimum absolute atomic E-state index is 0.0395. The zero-order valence-electron chi connectivity index (χ0n) is 21.8. The normalized spacial score (nSPS) is 22.8. The number of carbonyl (C=O) groups excluding carboxylic acids is 1. The molecular formula is C27H35N5O4. The highest BCUT2D eigenvalue weighted by atomic mass is 17.1. The minimum Gasteiger partial charge on any atom is -0.402 e. The Morgan fingerprint density at radius 1 is 1.28 bits per heavy atom. The Balaban J connectivity index is 1.92. The monoisotopic (exact) mass is 493 g/mol. The van der Waals surface area contributed by atoms with E-state index >= 15 is 0 Å². The van der Waals surface area contributed by atoms with Crippen molar-refractivity contribution in [3.05, 3.63) is 46.8 Å². The van der Waals surface area contributed by atoms with Crippen LogP contribution in [0.2, 0.25) is 0 Å². The summed E-state index contributed by atoms with van der Waals surface area (Å²) in [5, 5.41) is 13.4. The summed E-state index contributed by atoms with van der Waals surface area (Å²) >= 11 is 0. The van der Waals surface area contributed by atoms with Crippen LogP contribution in [0.15, 0.2) is 24.3 Å². The van der Waals surface area contributed by atoms with Crippen molar-refractivity contribution in [3.8, 4) is 17.3 Å². The maximum absolute atomic E-state index is 12.7. The minimum atomic E-state index is -0.799. The molecule has 2 N–H and O–H groups in total. The second-order valence-corrected chi connectivity index (χ2v) is 10.3. The largest absolute Gasteiger partial charge is 0.415 e. The molecular weight excluding hydrogens is 458 g/mol. The number of aromatic nitrogens is 3. The lowest BCUT2D eigenvalue weighted by atomic mass is 9.66. The third kappa shape index (κ3) is 4.59. The first-order valence-electron chi connectivity index (χ1n) is 12.5. The molecule has 1 amide bonds. The Morgan fingerprint density at radius 2 is 1.92 bits per heavy atom. The average Bonchev–Trinajstić information content (AvgIpc) is 3.39. The maximum Gasteiger partial charge on any atom is 0.415 e. The van der Waals surface area contributed by atoms with Gasteiger partial charge < -0.3 is 9.64 Å². The molecule has 2 heterocycles. The van der Waals surface area contributed by atoms with Gasteiger partial charge in [0.15, 0.2) is 11.5 Å². The van der Waals surface area contributed by atoms with Crippen molar-refractivity contribution < 1.29 is 19.7 Å². The molecule has 0 spiro atoms. The third-order valence-corrected chi connectivity index (χ3v) is 7.57. The van der Waals surface area contributed by atoms with Crippen molar-refractivity contribution in [3.63, 3.8) is 0 Å². The lowest BCUT2D eigenvalue weighted by molar-refractivity contribution is -0.302. The number of nitrogens with one attached hydrogen (secondary N) is 1. The topological polar surface area (TPSA) is 96.5 Å². The molecule has 1 aromatic carbocycles. The lowest BCUT2D eigenvalue weighted by Crippen LogP contribution is -2.34. The van der Waals surface area contributed by atoms with Crippen LogP contribution >= 0.6 is 0 Å². The van der Waals surface area contributed by atoms with Crippen LogP contribution in [0.5, 0.6) is 5.88 Å². The summed E-state index contributed by atoms with van der Waals surface area (Å²) in [6.45, 7) is 18.8. The number of carbonyl (C=O) groups is 1. The highest BCUT2D eigenvalue weighted by Crippen LogP contribution is 2.51. The van der Waals surface area contributed by atoms with Crippen molar-refractivity contribution >= 4 is 17.4 Å². The van der Waals surface area contributed by atoms with E-state index in [1.54, 1.807) is 7.05 Å². The number of rotatable bonds is 6. The molecule has 2 aromatic heterocycles. The smallest absolute Gasteiger partial charge is 0.402 e. The van der Waals surface area contributed by atoms with Gasteiger partial charge >= 0.3 is 6.09 Å². The van der Waals surface area contributed by atoms with Gasteiger partial charge in [-0.2, -0.15) is 0 Å². The molecule has 9 nitrogen and oxygen atoms in total. The molecule has 4 rings (SSSR count). The van der Waals surface area contributed by atoms with E-state index in [1.807, 2.05) is 38.1 Å². The van der Waals surface area contributed by atoms with E-state index in [-0.39, 0.29) is 29.3 Å². The van der Waals surface area contributed by atoms with Gasteiger partial charge in [0.05, 0.1) is 6.57 Å². The predicted octanol–water partition coefficient (Wildman–Crippen LogP) is 6.49. The fourth-order valence-corrected chi connectivity index (χ4v) is 5.74. The number of ether oxygens (including phenoxy) is 1. The SMILES string of the molecule is [C-]#[N+]c1c(C(OO)C2C(C)CC(C)CC2C)c2nc(-c3ccc(C)cc3)[nH]n2c1OC(=O)N(C)CC. The second kappa shape index (κ2) is 10.3. The number of nitrogens with zero attached hydrogens (tertiary/aromatic N) is 4. The van der Waals surface area contributed by atoms with Gasteiger partial charge in [0.25, 0.3) is 5.69 Å². The van der Waals surface area contributed by atoms with E-state index < -0.39 is 12.2 Å². The maximum atomic E-state index is 12.7. The molecule has 0 bridgehead atoms. The van der Waals surface area contributed by atoms with Gasteiger partial charge in [-0.3, -0.25) is 10.4 Å². The van der Waals surface area contributed by atoms with E-state index in [0.717, 1.165) is 24.0 Å². The van der Waals surface area contributed by atoms with Crippen molar-refractivity contribution in [2.24, 2.45) is 23.7 Å². The first-order chi connectivity index (χ1) is 17.2. The summed E-state index contributed by atoms with van der Waals surface area (Å²) in [5.41, 5.74) is 2.91. The van der Waals surface area contributed by atoms with Crippen LogP contribution in [0.3, 0.4) is 0 Å². The van der Waals surface area contributed by atoms with Crippen LogP contribution < -0.4 is 4.74 Å². The van der Waals surface area contributed by atoms with Crippen LogP contribution in [0.4, 0.5) is 10.5 Å². The molecule has 1 aliphatic carbocycles. The van der Waals surface area contributed by atoms with Crippen molar-refractivity contribution in [1.82, 2.24) is 19.5 Å². The Labute approximate surface area is 211 Å². The van der Waals surface area contributed by atoms with Gasteiger partial charge in [0.2, 0.25) is 5.88 Å². The Hall–Kier alpha value is -3.35. The van der Waals surface area contributed by atoms with Crippen molar-refractivity contribution in [2.75, 3.05) is 13.6 Å². The summed E-state index contributed by atoms with van der Waals surface area (Å²) in [6, 6.07) is 7.88. The van der Waals surface area contributed by atoms with E-state index in [0.29, 0.717) is 29.5 Å². The Bertz CT molecular complexity index is 1260. The zero-order chi connectivity index (χ0) is 26.1. The number of hydrogen-bond acceptors (Lipinski definition) is 5. The molecule has 3 atom stereocenters. The molecule has 192 valence electrons. The first kappa shape index (κ1) is 25.7. The van der Waals surface area contributed by atoms with Crippen LogP contribution in [0.1, 0.15) is 57.8 Å². The average molecular weight is 494 g/mol. The molecule has 1 fully saturated rings. The zero-order valence-corrected chi connectivity index (χ0v) is 21.8. The molecule has 0 saturated heterocycles. The fraction of sp³-hybridized carbons (Fsp3) is 0.519. The van der Waals surface area contributed by atoms with Gasteiger partial charge in [-0.15, -0.1) is 0 Å². The number of benzene rings is 1. The molecule has 0 radical (unpaired) electrons. The summed E-state index contributed by atoms with van der Waals surface area (Å²) in [5.74, 6) is 1.62. The molecule has 1 saturated carbocycles. The molecule has 36 heavy (non-hydrogen) atoms.